The molecule has 1 aromatic rings. The van der Waals surface area contributed by atoms with E-state index >= 15 is 0 Å². The summed E-state index contributed by atoms with van der Waals surface area (Å²) in [6, 6.07) is 8.58. The molecule has 1 aliphatic rings. The number of carbonyl (C=O) groups excluding carboxylic acids is 1. The monoisotopic (exact) mass is 259 g/mol. The molecule has 3 nitrogen and oxygen atoms in total. The molecule has 0 aromatic heterocycles. The molecular formula is C16H21NO2. The molecule has 0 aliphatic heterocycles. The average Bonchev–Trinajstić information content (AvgIpc) is 2.42. The molecule has 0 amide bonds. The fraction of sp³-hybridized carbons (Fsp3) is 0.438. The Morgan fingerprint density at radius 2 is 2.26 bits per heavy atom. The highest BCUT2D eigenvalue weighted by atomic mass is 16.5. The molecule has 1 atom stereocenters. The molecule has 19 heavy (non-hydrogen) atoms. The fourth-order valence-corrected chi connectivity index (χ4v) is 2.50. The number of carbonyl (C=O) groups is 1. The van der Waals surface area contributed by atoms with Crippen LogP contribution in [0, 0.1) is 0 Å². The van der Waals surface area contributed by atoms with Gasteiger partial charge in [-0.05, 0) is 24.0 Å². The van der Waals surface area contributed by atoms with Crippen molar-refractivity contribution >= 4 is 5.97 Å². The Bertz CT molecular complexity index is 479. The van der Waals surface area contributed by atoms with Crippen LogP contribution >= 0.6 is 0 Å². The molecule has 0 spiro atoms. The molecule has 1 unspecified atom stereocenters. The van der Waals surface area contributed by atoms with Gasteiger partial charge in [-0.15, -0.1) is 0 Å². The van der Waals surface area contributed by atoms with E-state index in [1.165, 1.54) is 18.2 Å². The molecule has 1 N–H and O–H groups in total. The molecule has 0 fully saturated rings. The predicted octanol–water partition coefficient (Wildman–Crippen LogP) is 2.43. The minimum absolute atomic E-state index is 0.224. The van der Waals surface area contributed by atoms with E-state index in [0.29, 0.717) is 12.3 Å². The molecule has 3 heteroatoms. The second-order valence-corrected chi connectivity index (χ2v) is 4.83. The predicted molar refractivity (Wildman–Crippen MR) is 76.1 cm³/mol. The van der Waals surface area contributed by atoms with Crippen molar-refractivity contribution in [1.82, 2.24) is 5.32 Å². The standard InChI is InChI=1S/C16H21NO2/c1-3-12(16(18)19-2)8-9-17-11-14-10-13-6-4-5-7-15(13)14/h4-8,14,17H,3,9-11H2,1-2H3/b12-8-. The number of hydrogen-bond acceptors (Lipinski definition) is 3. The number of nitrogens with one attached hydrogen (secondary N) is 1. The van der Waals surface area contributed by atoms with Crippen LogP contribution < -0.4 is 5.32 Å². The zero-order valence-corrected chi connectivity index (χ0v) is 11.6. The lowest BCUT2D eigenvalue weighted by Gasteiger charge is -2.30. The van der Waals surface area contributed by atoms with Crippen molar-refractivity contribution in [2.45, 2.75) is 25.7 Å². The summed E-state index contributed by atoms with van der Waals surface area (Å²) >= 11 is 0. The van der Waals surface area contributed by atoms with Gasteiger partial charge in [-0.2, -0.15) is 0 Å². The van der Waals surface area contributed by atoms with E-state index in [-0.39, 0.29) is 5.97 Å². The van der Waals surface area contributed by atoms with E-state index in [9.17, 15) is 4.79 Å². The highest BCUT2D eigenvalue weighted by Crippen LogP contribution is 2.33. The van der Waals surface area contributed by atoms with Gasteiger partial charge < -0.3 is 10.1 Å². The maximum absolute atomic E-state index is 11.4. The lowest BCUT2D eigenvalue weighted by molar-refractivity contribution is -0.136. The highest BCUT2D eigenvalue weighted by molar-refractivity contribution is 5.88. The summed E-state index contributed by atoms with van der Waals surface area (Å²) in [6.07, 6.45) is 3.79. The molecule has 0 saturated heterocycles. The highest BCUT2D eigenvalue weighted by Gasteiger charge is 2.24. The van der Waals surface area contributed by atoms with Crippen LogP contribution in [0.1, 0.15) is 30.4 Å². The van der Waals surface area contributed by atoms with Crippen molar-refractivity contribution in [1.29, 1.82) is 0 Å². The minimum Gasteiger partial charge on any atom is -0.466 e. The Labute approximate surface area is 114 Å². The zero-order chi connectivity index (χ0) is 13.7. The van der Waals surface area contributed by atoms with Crippen LogP contribution in [0.5, 0.6) is 0 Å². The number of esters is 1. The Hall–Kier alpha value is -1.61. The quantitative estimate of drug-likeness (QED) is 0.484. The molecule has 0 radical (unpaired) electrons. The Morgan fingerprint density at radius 3 is 2.95 bits per heavy atom. The molecule has 102 valence electrons. The number of methoxy groups -OCH3 is 1. The van der Waals surface area contributed by atoms with Gasteiger partial charge >= 0.3 is 5.97 Å². The first-order chi connectivity index (χ1) is 9.26. The van der Waals surface area contributed by atoms with Crippen molar-refractivity contribution in [3.05, 3.63) is 47.0 Å². The third-order valence-electron chi connectivity index (χ3n) is 3.67. The van der Waals surface area contributed by atoms with Gasteiger partial charge in [0.1, 0.15) is 0 Å². The Morgan fingerprint density at radius 1 is 1.47 bits per heavy atom. The summed E-state index contributed by atoms with van der Waals surface area (Å²) in [5.41, 5.74) is 3.67. The normalized spacial score (nSPS) is 17.6. The van der Waals surface area contributed by atoms with Crippen molar-refractivity contribution < 1.29 is 9.53 Å². The van der Waals surface area contributed by atoms with E-state index in [2.05, 4.69) is 29.6 Å². The topological polar surface area (TPSA) is 38.3 Å². The van der Waals surface area contributed by atoms with Gasteiger partial charge in [0.15, 0.2) is 0 Å². The number of hydrogen-bond donors (Lipinski definition) is 1. The first-order valence-corrected chi connectivity index (χ1v) is 6.82. The number of ether oxygens (including phenoxy) is 1. The maximum atomic E-state index is 11.4. The Kier molecular flexibility index (Phi) is 4.74. The third-order valence-corrected chi connectivity index (χ3v) is 3.67. The summed E-state index contributed by atoms with van der Waals surface area (Å²) in [7, 11) is 1.42. The van der Waals surface area contributed by atoms with Crippen molar-refractivity contribution in [2.75, 3.05) is 20.2 Å². The summed E-state index contributed by atoms with van der Waals surface area (Å²) < 4.78 is 4.73. The second-order valence-electron chi connectivity index (χ2n) is 4.83. The maximum Gasteiger partial charge on any atom is 0.333 e. The fourth-order valence-electron chi connectivity index (χ4n) is 2.50. The van der Waals surface area contributed by atoms with E-state index in [0.717, 1.165) is 25.1 Å². The average molecular weight is 259 g/mol. The van der Waals surface area contributed by atoms with Crippen molar-refractivity contribution in [2.24, 2.45) is 0 Å². The summed E-state index contributed by atoms with van der Waals surface area (Å²) in [5.74, 6) is 0.395. The largest absolute Gasteiger partial charge is 0.466 e. The van der Waals surface area contributed by atoms with Crippen molar-refractivity contribution in [3.63, 3.8) is 0 Å². The lowest BCUT2D eigenvalue weighted by Crippen LogP contribution is -2.29. The smallest absolute Gasteiger partial charge is 0.333 e. The van der Waals surface area contributed by atoms with Crippen LogP contribution in [0.2, 0.25) is 0 Å². The van der Waals surface area contributed by atoms with E-state index in [4.69, 9.17) is 4.74 Å². The minimum atomic E-state index is -0.224. The van der Waals surface area contributed by atoms with Crippen LogP contribution in [0.3, 0.4) is 0 Å². The number of benzene rings is 1. The molecule has 0 bridgehead atoms. The van der Waals surface area contributed by atoms with Gasteiger partial charge in [0.2, 0.25) is 0 Å². The van der Waals surface area contributed by atoms with Gasteiger partial charge in [-0.25, -0.2) is 4.79 Å². The molecular weight excluding hydrogens is 238 g/mol. The molecule has 1 aliphatic carbocycles. The van der Waals surface area contributed by atoms with Gasteiger partial charge in [-0.3, -0.25) is 0 Å². The van der Waals surface area contributed by atoms with Gasteiger partial charge in [0.05, 0.1) is 7.11 Å². The molecule has 2 rings (SSSR count). The SMILES string of the molecule is CC/C(=C/CNCC1Cc2ccccc21)C(=O)OC. The van der Waals surface area contributed by atoms with Crippen LogP contribution in [0.25, 0.3) is 0 Å². The lowest BCUT2D eigenvalue weighted by atomic mass is 9.77. The summed E-state index contributed by atoms with van der Waals surface area (Å²) in [4.78, 5) is 11.4. The van der Waals surface area contributed by atoms with E-state index in [1.807, 2.05) is 13.0 Å². The van der Waals surface area contributed by atoms with E-state index < -0.39 is 0 Å². The van der Waals surface area contributed by atoms with Gasteiger partial charge in [0, 0.05) is 24.6 Å². The first kappa shape index (κ1) is 13.8. The molecule has 0 heterocycles. The number of fused-ring (bicyclic) bond motifs is 1. The molecule has 1 aromatic carbocycles. The van der Waals surface area contributed by atoms with Crippen LogP contribution in [0.15, 0.2) is 35.9 Å². The number of rotatable bonds is 6. The van der Waals surface area contributed by atoms with Crippen LogP contribution in [-0.4, -0.2) is 26.2 Å². The van der Waals surface area contributed by atoms with E-state index in [1.54, 1.807) is 0 Å². The van der Waals surface area contributed by atoms with Gasteiger partial charge in [-0.1, -0.05) is 37.3 Å². The van der Waals surface area contributed by atoms with Crippen LogP contribution in [-0.2, 0) is 16.0 Å². The Balaban J connectivity index is 1.76. The zero-order valence-electron chi connectivity index (χ0n) is 11.6. The second kappa shape index (κ2) is 6.53. The third kappa shape index (κ3) is 3.24. The first-order valence-electron chi connectivity index (χ1n) is 6.82. The summed E-state index contributed by atoms with van der Waals surface area (Å²) in [6.45, 7) is 3.65. The van der Waals surface area contributed by atoms with Gasteiger partial charge in [0.25, 0.3) is 0 Å². The molecule has 0 saturated carbocycles. The summed E-state index contributed by atoms with van der Waals surface area (Å²) in [5, 5.41) is 3.39. The van der Waals surface area contributed by atoms with Crippen molar-refractivity contribution in [3.8, 4) is 0 Å². The van der Waals surface area contributed by atoms with Crippen LogP contribution in [0.4, 0.5) is 0 Å².